The molecular formula is C16H23NO4. The lowest BCUT2D eigenvalue weighted by Gasteiger charge is -2.38. The standard InChI is InChI=1S/C16H23NO4/c1-11-10-20-12(2)9-17(11)16(18)13(3)21-15-7-5-14(19-4)6-8-15/h5-8,11-13H,9-10H2,1-4H3. The number of rotatable bonds is 4. The molecule has 5 heteroatoms. The van der Waals surface area contributed by atoms with E-state index in [1.54, 1.807) is 26.2 Å². The molecule has 0 saturated carbocycles. The van der Waals surface area contributed by atoms with E-state index < -0.39 is 6.10 Å². The minimum atomic E-state index is -0.522. The van der Waals surface area contributed by atoms with E-state index in [1.165, 1.54) is 0 Å². The van der Waals surface area contributed by atoms with Gasteiger partial charge in [0, 0.05) is 6.54 Å². The third-order valence-corrected chi connectivity index (χ3v) is 3.61. The van der Waals surface area contributed by atoms with Crippen LogP contribution >= 0.6 is 0 Å². The second-order valence-corrected chi connectivity index (χ2v) is 5.42. The van der Waals surface area contributed by atoms with Gasteiger partial charge >= 0.3 is 0 Å². The first kappa shape index (κ1) is 15.6. The zero-order chi connectivity index (χ0) is 15.4. The summed E-state index contributed by atoms with van der Waals surface area (Å²) >= 11 is 0. The van der Waals surface area contributed by atoms with E-state index in [0.717, 1.165) is 5.75 Å². The first-order chi connectivity index (χ1) is 10.0. The molecule has 3 atom stereocenters. The fraction of sp³-hybridized carbons (Fsp3) is 0.562. The van der Waals surface area contributed by atoms with Crippen LogP contribution in [-0.2, 0) is 9.53 Å². The number of hydrogen-bond donors (Lipinski definition) is 0. The number of benzene rings is 1. The molecule has 0 radical (unpaired) electrons. The Labute approximate surface area is 125 Å². The molecule has 1 aromatic carbocycles. The number of methoxy groups -OCH3 is 1. The van der Waals surface area contributed by atoms with E-state index in [1.807, 2.05) is 30.9 Å². The zero-order valence-corrected chi connectivity index (χ0v) is 13.0. The van der Waals surface area contributed by atoms with Crippen molar-refractivity contribution < 1.29 is 19.0 Å². The predicted octanol–water partition coefficient (Wildman–Crippen LogP) is 2.10. The van der Waals surface area contributed by atoms with E-state index in [2.05, 4.69) is 0 Å². The summed E-state index contributed by atoms with van der Waals surface area (Å²) in [5.41, 5.74) is 0. The molecule has 1 aliphatic rings. The quantitative estimate of drug-likeness (QED) is 0.853. The molecule has 3 unspecified atom stereocenters. The van der Waals surface area contributed by atoms with Crippen molar-refractivity contribution >= 4 is 5.91 Å². The monoisotopic (exact) mass is 293 g/mol. The van der Waals surface area contributed by atoms with Gasteiger partial charge < -0.3 is 19.1 Å². The van der Waals surface area contributed by atoms with E-state index in [9.17, 15) is 4.79 Å². The maximum Gasteiger partial charge on any atom is 0.263 e. The molecule has 1 aliphatic heterocycles. The van der Waals surface area contributed by atoms with E-state index in [4.69, 9.17) is 14.2 Å². The van der Waals surface area contributed by atoms with Gasteiger partial charge in [0.15, 0.2) is 6.10 Å². The molecule has 116 valence electrons. The van der Waals surface area contributed by atoms with Crippen molar-refractivity contribution in [2.75, 3.05) is 20.3 Å². The summed E-state index contributed by atoms with van der Waals surface area (Å²) in [5, 5.41) is 0. The highest BCUT2D eigenvalue weighted by Crippen LogP contribution is 2.20. The molecule has 2 rings (SSSR count). The number of nitrogens with zero attached hydrogens (tertiary/aromatic N) is 1. The van der Waals surface area contributed by atoms with Crippen LogP contribution in [0.5, 0.6) is 11.5 Å². The summed E-state index contributed by atoms with van der Waals surface area (Å²) in [6, 6.07) is 7.30. The van der Waals surface area contributed by atoms with Crippen LogP contribution < -0.4 is 9.47 Å². The number of hydrogen-bond acceptors (Lipinski definition) is 4. The SMILES string of the molecule is COc1ccc(OC(C)C(=O)N2CC(C)OCC2C)cc1. The molecule has 0 aromatic heterocycles. The van der Waals surface area contributed by atoms with Crippen molar-refractivity contribution in [1.29, 1.82) is 0 Å². The summed E-state index contributed by atoms with van der Waals surface area (Å²) in [6.45, 7) is 6.92. The van der Waals surface area contributed by atoms with Crippen molar-refractivity contribution in [3.05, 3.63) is 24.3 Å². The summed E-state index contributed by atoms with van der Waals surface area (Å²) in [6.07, 6.45) is -0.454. The van der Waals surface area contributed by atoms with Gasteiger partial charge in [0.1, 0.15) is 11.5 Å². The number of morpholine rings is 1. The Morgan fingerprint density at radius 1 is 1.29 bits per heavy atom. The number of amides is 1. The number of ether oxygens (including phenoxy) is 3. The van der Waals surface area contributed by atoms with Gasteiger partial charge in [-0.2, -0.15) is 0 Å². The Kier molecular flexibility index (Phi) is 5.07. The molecule has 1 saturated heterocycles. The minimum Gasteiger partial charge on any atom is -0.497 e. The lowest BCUT2D eigenvalue weighted by Crippen LogP contribution is -2.53. The van der Waals surface area contributed by atoms with Crippen LogP contribution in [0, 0.1) is 0 Å². The lowest BCUT2D eigenvalue weighted by molar-refractivity contribution is -0.149. The van der Waals surface area contributed by atoms with Gasteiger partial charge in [0.25, 0.3) is 5.91 Å². The fourth-order valence-electron chi connectivity index (χ4n) is 2.35. The van der Waals surface area contributed by atoms with Crippen molar-refractivity contribution in [3.8, 4) is 11.5 Å². The molecule has 5 nitrogen and oxygen atoms in total. The maximum atomic E-state index is 12.5. The molecule has 0 N–H and O–H groups in total. The van der Waals surface area contributed by atoms with Crippen molar-refractivity contribution in [3.63, 3.8) is 0 Å². The predicted molar refractivity (Wildman–Crippen MR) is 79.7 cm³/mol. The Morgan fingerprint density at radius 3 is 2.52 bits per heavy atom. The van der Waals surface area contributed by atoms with Crippen molar-refractivity contribution in [1.82, 2.24) is 4.90 Å². The van der Waals surface area contributed by atoms with Gasteiger partial charge in [-0.3, -0.25) is 4.79 Å². The summed E-state index contributed by atoms with van der Waals surface area (Å²) in [7, 11) is 1.61. The lowest BCUT2D eigenvalue weighted by atomic mass is 10.2. The number of carbonyl (C=O) groups excluding carboxylic acids is 1. The molecule has 0 spiro atoms. The Morgan fingerprint density at radius 2 is 1.90 bits per heavy atom. The number of carbonyl (C=O) groups is 1. The topological polar surface area (TPSA) is 48.0 Å². The molecule has 1 aromatic rings. The van der Waals surface area contributed by atoms with Gasteiger partial charge in [-0.1, -0.05) is 0 Å². The fourth-order valence-corrected chi connectivity index (χ4v) is 2.35. The van der Waals surface area contributed by atoms with Crippen molar-refractivity contribution in [2.45, 2.75) is 39.0 Å². The van der Waals surface area contributed by atoms with Crippen LogP contribution in [0.1, 0.15) is 20.8 Å². The third-order valence-electron chi connectivity index (χ3n) is 3.61. The van der Waals surface area contributed by atoms with Gasteiger partial charge in [0.05, 0.1) is 25.9 Å². The maximum absolute atomic E-state index is 12.5. The van der Waals surface area contributed by atoms with Crippen LogP contribution in [0.15, 0.2) is 24.3 Å². The van der Waals surface area contributed by atoms with E-state index >= 15 is 0 Å². The van der Waals surface area contributed by atoms with Crippen LogP contribution in [0.25, 0.3) is 0 Å². The van der Waals surface area contributed by atoms with Crippen LogP contribution in [-0.4, -0.2) is 49.3 Å². The molecule has 1 amide bonds. The molecule has 0 bridgehead atoms. The molecular weight excluding hydrogens is 270 g/mol. The van der Waals surface area contributed by atoms with Crippen molar-refractivity contribution in [2.24, 2.45) is 0 Å². The Bertz CT molecular complexity index is 474. The van der Waals surface area contributed by atoms with Gasteiger partial charge in [-0.15, -0.1) is 0 Å². The normalized spacial score (nSPS) is 23.5. The summed E-state index contributed by atoms with van der Waals surface area (Å²) in [5.74, 6) is 1.41. The third kappa shape index (κ3) is 3.88. The molecule has 1 fully saturated rings. The summed E-state index contributed by atoms with van der Waals surface area (Å²) < 4.78 is 16.4. The zero-order valence-electron chi connectivity index (χ0n) is 13.0. The highest BCUT2D eigenvalue weighted by Gasteiger charge is 2.31. The summed E-state index contributed by atoms with van der Waals surface area (Å²) in [4.78, 5) is 14.3. The average molecular weight is 293 g/mol. The van der Waals surface area contributed by atoms with Crippen LogP contribution in [0.4, 0.5) is 0 Å². The molecule has 1 heterocycles. The largest absolute Gasteiger partial charge is 0.497 e. The molecule has 0 aliphatic carbocycles. The van der Waals surface area contributed by atoms with Crippen LogP contribution in [0.2, 0.25) is 0 Å². The average Bonchev–Trinajstić information content (AvgIpc) is 2.49. The van der Waals surface area contributed by atoms with E-state index in [-0.39, 0.29) is 18.1 Å². The highest BCUT2D eigenvalue weighted by atomic mass is 16.5. The minimum absolute atomic E-state index is 0.00605. The smallest absolute Gasteiger partial charge is 0.263 e. The van der Waals surface area contributed by atoms with Gasteiger partial charge in [-0.05, 0) is 45.0 Å². The Hall–Kier alpha value is -1.75. The first-order valence-corrected chi connectivity index (χ1v) is 7.24. The van der Waals surface area contributed by atoms with Gasteiger partial charge in [0.2, 0.25) is 0 Å². The molecule has 21 heavy (non-hydrogen) atoms. The second kappa shape index (κ2) is 6.80. The highest BCUT2D eigenvalue weighted by molar-refractivity contribution is 5.81. The Balaban J connectivity index is 1.97. The van der Waals surface area contributed by atoms with E-state index in [0.29, 0.717) is 18.9 Å². The first-order valence-electron chi connectivity index (χ1n) is 7.24. The second-order valence-electron chi connectivity index (χ2n) is 5.42. The van der Waals surface area contributed by atoms with Gasteiger partial charge in [-0.25, -0.2) is 0 Å². The van der Waals surface area contributed by atoms with Crippen LogP contribution in [0.3, 0.4) is 0 Å².